The molecule has 10 heteroatoms. The van der Waals surface area contributed by atoms with Gasteiger partial charge in [0.2, 0.25) is 11.8 Å². The van der Waals surface area contributed by atoms with E-state index in [1.165, 1.54) is 5.56 Å². The maximum atomic E-state index is 12.7. The number of hydrogen-bond acceptors (Lipinski definition) is 4. The maximum Gasteiger partial charge on any atom is 0.246 e. The molecule has 0 spiro atoms. The predicted octanol–water partition coefficient (Wildman–Crippen LogP) is 2.02. The first-order valence-electron chi connectivity index (χ1n) is 11.3. The first-order chi connectivity index (χ1) is 15.6. The lowest BCUT2D eigenvalue weighted by molar-refractivity contribution is -0.120. The van der Waals surface area contributed by atoms with Gasteiger partial charge in [0.1, 0.15) is 6.54 Å². The van der Waals surface area contributed by atoms with Crippen molar-refractivity contribution in [2.75, 3.05) is 49.1 Å². The zero-order valence-corrected chi connectivity index (χ0v) is 21.6. The number of aromatic nitrogens is 2. The van der Waals surface area contributed by atoms with Crippen LogP contribution in [0.5, 0.6) is 0 Å². The number of aryl methyl sites for hydroxylation is 1. The monoisotopic (exact) mass is 565 g/mol. The van der Waals surface area contributed by atoms with Crippen LogP contribution in [0.25, 0.3) is 0 Å². The number of benzene rings is 1. The lowest BCUT2D eigenvalue weighted by Crippen LogP contribution is -2.55. The summed E-state index contributed by atoms with van der Waals surface area (Å²) in [5.41, 5.74) is 3.10. The van der Waals surface area contributed by atoms with Gasteiger partial charge in [-0.3, -0.25) is 19.3 Å². The Balaban J connectivity index is 0.00000306. The van der Waals surface area contributed by atoms with Gasteiger partial charge < -0.3 is 20.0 Å². The molecule has 1 aromatic carbocycles. The minimum Gasteiger partial charge on any atom is -0.357 e. The molecule has 0 unspecified atom stereocenters. The summed E-state index contributed by atoms with van der Waals surface area (Å²) in [6, 6.07) is 8.10. The van der Waals surface area contributed by atoms with Gasteiger partial charge in [0, 0.05) is 58.1 Å². The third-order valence-electron chi connectivity index (χ3n) is 5.86. The van der Waals surface area contributed by atoms with Crippen molar-refractivity contribution >= 4 is 53.1 Å². The fourth-order valence-electron chi connectivity index (χ4n) is 4.25. The number of anilines is 2. The predicted molar refractivity (Wildman–Crippen MR) is 140 cm³/mol. The summed E-state index contributed by atoms with van der Waals surface area (Å²) in [6.07, 6.45) is 5.62. The molecule has 2 amide bonds. The number of nitrogens with one attached hydrogen (secondary N) is 1. The quantitative estimate of drug-likeness (QED) is 0.251. The number of piperazine rings is 1. The van der Waals surface area contributed by atoms with Crippen molar-refractivity contribution in [1.82, 2.24) is 20.0 Å². The summed E-state index contributed by atoms with van der Waals surface area (Å²) in [6.45, 7) is 5.58. The van der Waals surface area contributed by atoms with Gasteiger partial charge >= 0.3 is 0 Å². The van der Waals surface area contributed by atoms with E-state index < -0.39 is 0 Å². The fraction of sp³-hybridized carbons (Fsp3) is 0.478. The standard InChI is InChI=1S/C23H31N7O2.HI/c1-3-24-23(28-13-14-29(22(32)17-28)19-15-26-27(2)16-19)25-11-6-9-21(31)30-12-10-18-7-4-5-8-20(18)30;/h4-5,7-8,15-16H,3,6,9-14,17H2,1-2H3,(H,24,25);1H. The van der Waals surface area contributed by atoms with Crippen LogP contribution in [0.4, 0.5) is 11.4 Å². The van der Waals surface area contributed by atoms with Gasteiger partial charge in [-0.2, -0.15) is 5.10 Å². The van der Waals surface area contributed by atoms with Gasteiger partial charge in [-0.15, -0.1) is 24.0 Å². The Morgan fingerprint density at radius 1 is 1.21 bits per heavy atom. The average Bonchev–Trinajstić information content (AvgIpc) is 3.42. The van der Waals surface area contributed by atoms with Crippen LogP contribution in [-0.4, -0.2) is 71.7 Å². The molecule has 1 aromatic heterocycles. The zero-order valence-electron chi connectivity index (χ0n) is 19.2. The highest BCUT2D eigenvalue weighted by atomic mass is 127. The molecule has 1 N–H and O–H groups in total. The fourth-order valence-corrected chi connectivity index (χ4v) is 4.25. The minimum absolute atomic E-state index is 0. The van der Waals surface area contributed by atoms with E-state index in [9.17, 15) is 9.59 Å². The van der Waals surface area contributed by atoms with Crippen molar-refractivity contribution in [2.45, 2.75) is 26.2 Å². The number of para-hydroxylation sites is 1. The van der Waals surface area contributed by atoms with Crippen LogP contribution >= 0.6 is 24.0 Å². The normalized spacial score (nSPS) is 16.0. The van der Waals surface area contributed by atoms with Crippen molar-refractivity contribution in [2.24, 2.45) is 12.0 Å². The van der Waals surface area contributed by atoms with Gasteiger partial charge in [-0.1, -0.05) is 18.2 Å². The van der Waals surface area contributed by atoms with E-state index in [0.29, 0.717) is 32.5 Å². The van der Waals surface area contributed by atoms with Crippen molar-refractivity contribution in [3.05, 3.63) is 42.2 Å². The molecule has 33 heavy (non-hydrogen) atoms. The smallest absolute Gasteiger partial charge is 0.246 e. The summed E-state index contributed by atoms with van der Waals surface area (Å²) < 4.78 is 1.70. The Morgan fingerprint density at radius 2 is 2.03 bits per heavy atom. The largest absolute Gasteiger partial charge is 0.357 e. The van der Waals surface area contributed by atoms with Gasteiger partial charge in [-0.25, -0.2) is 0 Å². The Bertz CT molecular complexity index is 1010. The molecule has 178 valence electrons. The molecule has 1 saturated heterocycles. The second-order valence-electron chi connectivity index (χ2n) is 8.10. The Kier molecular flexibility index (Phi) is 8.70. The Labute approximate surface area is 211 Å². The van der Waals surface area contributed by atoms with Crippen LogP contribution in [0.1, 0.15) is 25.3 Å². The maximum absolute atomic E-state index is 12.7. The second kappa shape index (κ2) is 11.5. The number of halogens is 1. The first-order valence-corrected chi connectivity index (χ1v) is 11.3. The van der Waals surface area contributed by atoms with Gasteiger partial charge in [0.25, 0.3) is 0 Å². The van der Waals surface area contributed by atoms with Crippen LogP contribution in [0.2, 0.25) is 0 Å². The van der Waals surface area contributed by atoms with Gasteiger partial charge in [0.15, 0.2) is 5.96 Å². The lowest BCUT2D eigenvalue weighted by Gasteiger charge is -2.35. The SMILES string of the molecule is CCNC(=NCCCC(=O)N1CCc2ccccc21)N1CCN(c2cnn(C)c2)C(=O)C1.I. The van der Waals surface area contributed by atoms with Crippen molar-refractivity contribution < 1.29 is 9.59 Å². The number of fused-ring (bicyclic) bond motifs is 1. The van der Waals surface area contributed by atoms with Crippen LogP contribution in [0, 0.1) is 0 Å². The molecular formula is C23H32IN7O2. The van der Waals surface area contributed by atoms with E-state index in [-0.39, 0.29) is 42.3 Å². The number of carbonyl (C=O) groups is 2. The van der Waals surface area contributed by atoms with E-state index in [2.05, 4.69) is 21.5 Å². The molecule has 2 aliphatic rings. The molecule has 1 fully saturated rings. The number of nitrogens with zero attached hydrogens (tertiary/aromatic N) is 6. The molecule has 0 radical (unpaired) electrons. The van der Waals surface area contributed by atoms with E-state index in [1.807, 2.05) is 48.2 Å². The zero-order chi connectivity index (χ0) is 22.5. The molecule has 0 saturated carbocycles. The molecule has 0 atom stereocenters. The highest BCUT2D eigenvalue weighted by Crippen LogP contribution is 2.28. The Morgan fingerprint density at radius 3 is 2.76 bits per heavy atom. The number of aliphatic imine (C=N–C) groups is 1. The molecule has 0 bridgehead atoms. The molecule has 3 heterocycles. The van der Waals surface area contributed by atoms with E-state index in [1.54, 1.807) is 15.8 Å². The number of carbonyl (C=O) groups excluding carboxylic acids is 2. The topological polar surface area (TPSA) is 86.1 Å². The summed E-state index contributed by atoms with van der Waals surface area (Å²) in [5, 5.41) is 7.44. The number of guanidine groups is 1. The molecular weight excluding hydrogens is 533 g/mol. The third-order valence-corrected chi connectivity index (χ3v) is 5.86. The molecule has 0 aliphatic carbocycles. The van der Waals surface area contributed by atoms with Gasteiger partial charge in [-0.05, 0) is 31.4 Å². The van der Waals surface area contributed by atoms with E-state index in [4.69, 9.17) is 0 Å². The van der Waals surface area contributed by atoms with Crippen molar-refractivity contribution in [3.63, 3.8) is 0 Å². The summed E-state index contributed by atoms with van der Waals surface area (Å²) in [5.74, 6) is 0.902. The van der Waals surface area contributed by atoms with Crippen LogP contribution in [0.3, 0.4) is 0 Å². The van der Waals surface area contributed by atoms with Crippen molar-refractivity contribution in [1.29, 1.82) is 0 Å². The molecule has 2 aliphatic heterocycles. The summed E-state index contributed by atoms with van der Waals surface area (Å²) in [4.78, 5) is 35.7. The van der Waals surface area contributed by atoms with Gasteiger partial charge in [0.05, 0.1) is 11.9 Å². The molecule has 9 nitrogen and oxygen atoms in total. The number of amides is 2. The van der Waals surface area contributed by atoms with Crippen LogP contribution in [0.15, 0.2) is 41.7 Å². The molecule has 4 rings (SSSR count). The number of rotatable bonds is 6. The summed E-state index contributed by atoms with van der Waals surface area (Å²) in [7, 11) is 1.84. The lowest BCUT2D eigenvalue weighted by atomic mass is 10.2. The van der Waals surface area contributed by atoms with Crippen LogP contribution < -0.4 is 15.1 Å². The summed E-state index contributed by atoms with van der Waals surface area (Å²) >= 11 is 0. The van der Waals surface area contributed by atoms with E-state index >= 15 is 0 Å². The van der Waals surface area contributed by atoms with Crippen LogP contribution in [-0.2, 0) is 23.1 Å². The highest BCUT2D eigenvalue weighted by Gasteiger charge is 2.28. The third kappa shape index (κ3) is 5.84. The van der Waals surface area contributed by atoms with Crippen molar-refractivity contribution in [3.8, 4) is 0 Å². The number of hydrogen-bond donors (Lipinski definition) is 1. The Hall–Kier alpha value is -2.63. The molecule has 2 aromatic rings. The first kappa shape index (κ1) is 25.0. The highest BCUT2D eigenvalue weighted by molar-refractivity contribution is 14.0. The minimum atomic E-state index is 0. The second-order valence-corrected chi connectivity index (χ2v) is 8.10. The average molecular weight is 565 g/mol. The van der Waals surface area contributed by atoms with E-state index in [0.717, 1.165) is 36.8 Å².